The predicted octanol–water partition coefficient (Wildman–Crippen LogP) is 4.13. The van der Waals surface area contributed by atoms with E-state index in [0.717, 1.165) is 38.2 Å². The molecule has 4 nitrogen and oxygen atoms in total. The highest BCUT2D eigenvalue weighted by Gasteiger charge is 2.20. The maximum Gasteiger partial charge on any atom is 0.251 e. The molecular weight excluding hydrogens is 367 g/mol. The van der Waals surface area contributed by atoms with E-state index in [1.54, 1.807) is 7.11 Å². The number of halogens is 2. The van der Waals surface area contributed by atoms with Crippen LogP contribution in [-0.2, 0) is 6.54 Å². The summed E-state index contributed by atoms with van der Waals surface area (Å²) in [7, 11) is 1.68. The summed E-state index contributed by atoms with van der Waals surface area (Å²) < 4.78 is 18.7. The number of nitrogens with zero attached hydrogens (tertiary/aromatic N) is 1. The highest BCUT2D eigenvalue weighted by atomic mass is 35.5. The number of amides is 1. The zero-order chi connectivity index (χ0) is 19.2. The van der Waals surface area contributed by atoms with E-state index in [1.165, 1.54) is 23.8 Å². The maximum atomic E-state index is 13.4. The second-order valence-electron chi connectivity index (χ2n) is 6.94. The molecule has 0 spiro atoms. The standard InChI is InChI=1S/C21H24ClFN2O2/c1-27-20-4-2-3-16(9-20)14-25-7-5-15(6-8-25)13-24-21(26)17-10-18(22)12-19(23)11-17/h2-4,9-12,15H,5-8,13-14H2,1H3,(H,24,26). The van der Waals surface area contributed by atoms with Crippen molar-refractivity contribution in [3.8, 4) is 5.75 Å². The number of benzene rings is 2. The van der Waals surface area contributed by atoms with Crippen molar-refractivity contribution in [1.29, 1.82) is 0 Å². The summed E-state index contributed by atoms with van der Waals surface area (Å²) in [6, 6.07) is 12.0. The summed E-state index contributed by atoms with van der Waals surface area (Å²) in [5.74, 6) is 0.524. The summed E-state index contributed by atoms with van der Waals surface area (Å²) in [6.07, 6.45) is 2.04. The molecule has 144 valence electrons. The topological polar surface area (TPSA) is 41.6 Å². The van der Waals surface area contributed by atoms with Gasteiger partial charge in [0.2, 0.25) is 0 Å². The van der Waals surface area contributed by atoms with Gasteiger partial charge in [-0.3, -0.25) is 9.69 Å². The number of carbonyl (C=O) groups excluding carboxylic acids is 1. The molecule has 0 unspecified atom stereocenters. The average Bonchev–Trinajstić information content (AvgIpc) is 2.66. The first kappa shape index (κ1) is 19.6. The Hall–Kier alpha value is -2.11. The molecule has 1 N–H and O–H groups in total. The van der Waals surface area contributed by atoms with E-state index in [2.05, 4.69) is 22.3 Å². The smallest absolute Gasteiger partial charge is 0.251 e. The molecule has 6 heteroatoms. The monoisotopic (exact) mass is 390 g/mol. The van der Waals surface area contributed by atoms with E-state index in [9.17, 15) is 9.18 Å². The van der Waals surface area contributed by atoms with E-state index in [0.29, 0.717) is 12.5 Å². The first-order chi connectivity index (χ1) is 13.0. The second-order valence-corrected chi connectivity index (χ2v) is 7.38. The average molecular weight is 391 g/mol. The minimum atomic E-state index is -0.501. The number of hydrogen-bond donors (Lipinski definition) is 1. The third kappa shape index (κ3) is 5.68. The summed E-state index contributed by atoms with van der Waals surface area (Å²) in [5, 5.41) is 3.13. The zero-order valence-electron chi connectivity index (χ0n) is 15.4. The van der Waals surface area contributed by atoms with Crippen LogP contribution in [0.15, 0.2) is 42.5 Å². The first-order valence-electron chi connectivity index (χ1n) is 9.13. The van der Waals surface area contributed by atoms with Crippen LogP contribution in [0, 0.1) is 11.7 Å². The van der Waals surface area contributed by atoms with Gasteiger partial charge >= 0.3 is 0 Å². The van der Waals surface area contributed by atoms with Crippen LogP contribution in [-0.4, -0.2) is 37.6 Å². The van der Waals surface area contributed by atoms with Gasteiger partial charge in [0.25, 0.3) is 5.91 Å². The predicted molar refractivity (Wildman–Crippen MR) is 105 cm³/mol. The number of hydrogen-bond acceptors (Lipinski definition) is 3. The lowest BCUT2D eigenvalue weighted by Gasteiger charge is -2.32. The molecule has 1 aliphatic rings. The number of piperidine rings is 1. The molecular formula is C21H24ClFN2O2. The van der Waals surface area contributed by atoms with Gasteiger partial charge in [0.15, 0.2) is 0 Å². The molecule has 1 aliphatic heterocycles. The summed E-state index contributed by atoms with van der Waals surface area (Å²) in [5.41, 5.74) is 1.50. The lowest BCUT2D eigenvalue weighted by atomic mass is 9.96. The van der Waals surface area contributed by atoms with Crippen molar-refractivity contribution in [2.75, 3.05) is 26.7 Å². The number of rotatable bonds is 6. The quantitative estimate of drug-likeness (QED) is 0.806. The second kappa shape index (κ2) is 9.20. The van der Waals surface area contributed by atoms with E-state index in [4.69, 9.17) is 16.3 Å². The number of likely N-dealkylation sites (tertiary alicyclic amines) is 1. The van der Waals surface area contributed by atoms with Gasteiger partial charge in [0, 0.05) is 23.7 Å². The highest BCUT2D eigenvalue weighted by molar-refractivity contribution is 6.31. The Kier molecular flexibility index (Phi) is 6.69. The van der Waals surface area contributed by atoms with Crippen molar-refractivity contribution in [3.63, 3.8) is 0 Å². The van der Waals surface area contributed by atoms with E-state index >= 15 is 0 Å². The normalized spacial score (nSPS) is 15.5. The maximum absolute atomic E-state index is 13.4. The molecule has 0 aromatic heterocycles. The van der Waals surface area contributed by atoms with Crippen LogP contribution in [0.25, 0.3) is 0 Å². The Morgan fingerprint density at radius 2 is 2.04 bits per heavy atom. The van der Waals surface area contributed by atoms with Crippen molar-refractivity contribution in [1.82, 2.24) is 10.2 Å². The zero-order valence-corrected chi connectivity index (χ0v) is 16.1. The molecule has 0 radical (unpaired) electrons. The van der Waals surface area contributed by atoms with Gasteiger partial charge in [-0.1, -0.05) is 23.7 Å². The Morgan fingerprint density at radius 3 is 2.74 bits per heavy atom. The molecule has 0 saturated carbocycles. The Balaban J connectivity index is 1.44. The van der Waals surface area contributed by atoms with Gasteiger partial charge in [0.05, 0.1) is 7.11 Å². The summed E-state index contributed by atoms with van der Waals surface area (Å²) in [4.78, 5) is 14.6. The van der Waals surface area contributed by atoms with Crippen LogP contribution < -0.4 is 10.1 Å². The van der Waals surface area contributed by atoms with E-state index in [1.807, 2.05) is 12.1 Å². The SMILES string of the molecule is COc1cccc(CN2CCC(CNC(=O)c3cc(F)cc(Cl)c3)CC2)c1. The highest BCUT2D eigenvalue weighted by Crippen LogP contribution is 2.21. The molecule has 27 heavy (non-hydrogen) atoms. The molecule has 2 aromatic rings. The number of methoxy groups -OCH3 is 1. The fourth-order valence-electron chi connectivity index (χ4n) is 3.40. The number of nitrogens with one attached hydrogen (secondary N) is 1. The third-order valence-corrected chi connectivity index (χ3v) is 5.14. The van der Waals surface area contributed by atoms with E-state index < -0.39 is 5.82 Å². The largest absolute Gasteiger partial charge is 0.497 e. The lowest BCUT2D eigenvalue weighted by molar-refractivity contribution is 0.0934. The van der Waals surface area contributed by atoms with Crippen molar-refractivity contribution in [3.05, 3.63) is 64.4 Å². The fraction of sp³-hybridized carbons (Fsp3) is 0.381. The molecule has 3 rings (SSSR count). The molecule has 0 atom stereocenters. The van der Waals surface area contributed by atoms with Crippen LogP contribution >= 0.6 is 11.6 Å². The van der Waals surface area contributed by atoms with Gasteiger partial charge < -0.3 is 10.1 Å². The first-order valence-corrected chi connectivity index (χ1v) is 9.51. The van der Waals surface area contributed by atoms with Crippen LogP contribution in [0.1, 0.15) is 28.8 Å². The molecule has 1 saturated heterocycles. The van der Waals surface area contributed by atoms with Gasteiger partial charge in [0.1, 0.15) is 11.6 Å². The van der Waals surface area contributed by atoms with Crippen LogP contribution in [0.5, 0.6) is 5.75 Å². The van der Waals surface area contributed by atoms with Crippen LogP contribution in [0.3, 0.4) is 0 Å². The molecule has 1 amide bonds. The Labute approximate surface area is 164 Å². The summed E-state index contributed by atoms with van der Waals surface area (Å²) in [6.45, 7) is 3.48. The minimum absolute atomic E-state index is 0.228. The lowest BCUT2D eigenvalue weighted by Crippen LogP contribution is -2.38. The van der Waals surface area contributed by atoms with Gasteiger partial charge in [-0.15, -0.1) is 0 Å². The Morgan fingerprint density at radius 1 is 1.26 bits per heavy atom. The minimum Gasteiger partial charge on any atom is -0.497 e. The van der Waals surface area contributed by atoms with Crippen LogP contribution in [0.2, 0.25) is 5.02 Å². The molecule has 0 aliphatic carbocycles. The number of carbonyl (C=O) groups is 1. The van der Waals surface area contributed by atoms with E-state index in [-0.39, 0.29) is 16.5 Å². The van der Waals surface area contributed by atoms with Crippen molar-refractivity contribution >= 4 is 17.5 Å². The van der Waals surface area contributed by atoms with Crippen LogP contribution in [0.4, 0.5) is 4.39 Å². The van der Waals surface area contributed by atoms with Gasteiger partial charge in [-0.05, 0) is 67.7 Å². The van der Waals surface area contributed by atoms with Gasteiger partial charge in [-0.25, -0.2) is 4.39 Å². The fourth-order valence-corrected chi connectivity index (χ4v) is 3.62. The summed E-state index contributed by atoms with van der Waals surface area (Å²) >= 11 is 5.81. The van der Waals surface area contributed by atoms with Crippen molar-refractivity contribution in [2.45, 2.75) is 19.4 Å². The third-order valence-electron chi connectivity index (χ3n) is 4.92. The van der Waals surface area contributed by atoms with Crippen molar-refractivity contribution in [2.24, 2.45) is 5.92 Å². The molecule has 1 heterocycles. The Bertz CT molecular complexity index is 771. The molecule has 1 fully saturated rings. The molecule has 0 bridgehead atoms. The number of ether oxygens (including phenoxy) is 1. The van der Waals surface area contributed by atoms with Crippen molar-refractivity contribution < 1.29 is 13.9 Å². The van der Waals surface area contributed by atoms with Gasteiger partial charge in [-0.2, -0.15) is 0 Å². The molecule has 2 aromatic carbocycles.